The highest BCUT2D eigenvalue weighted by atomic mass is 16.5. The van der Waals surface area contributed by atoms with E-state index in [1.54, 1.807) is 0 Å². The molecule has 0 heterocycles. The van der Waals surface area contributed by atoms with Gasteiger partial charge in [-0.15, -0.1) is 0 Å². The molecule has 36 heavy (non-hydrogen) atoms. The van der Waals surface area contributed by atoms with Gasteiger partial charge in [-0.05, 0) is 91.3 Å². The van der Waals surface area contributed by atoms with E-state index in [9.17, 15) is 14.7 Å². The van der Waals surface area contributed by atoms with Gasteiger partial charge in [0.15, 0.2) is 0 Å². The molecule has 4 rings (SSSR count). The first-order chi connectivity index (χ1) is 16.9. The Morgan fingerprint density at radius 2 is 1.72 bits per heavy atom. The summed E-state index contributed by atoms with van der Waals surface area (Å²) in [4.78, 5) is 24.9. The average molecular weight is 504 g/mol. The third-order valence-electron chi connectivity index (χ3n) is 11.8. The lowest BCUT2D eigenvalue weighted by atomic mass is 9.41. The maximum absolute atomic E-state index is 12.6. The van der Waals surface area contributed by atoms with Crippen molar-refractivity contribution in [3.63, 3.8) is 0 Å². The standard InChI is InChI=1S/C31H53NO4/c1-19(2)10-8-11-20(3)24-13-14-25-23-18-28(36-22(5)34)31(32-21(4)33)27(35)12-9-16-30(31,7)26(23)15-17-29(24,25)6/h19-20,23-28,35H,8-18H2,1-7H3,(H,32,33)/t20-,23-,24+,25+,26-,27+,28-,29-,30-,31+/m1/s1. The number of esters is 1. The molecule has 4 aliphatic rings. The molecule has 0 aromatic carbocycles. The van der Waals surface area contributed by atoms with Gasteiger partial charge in [0, 0.05) is 13.8 Å². The summed E-state index contributed by atoms with van der Waals surface area (Å²) in [7, 11) is 0. The lowest BCUT2D eigenvalue weighted by molar-refractivity contribution is -0.226. The van der Waals surface area contributed by atoms with Gasteiger partial charge in [0.1, 0.15) is 11.6 Å². The van der Waals surface area contributed by atoms with E-state index in [4.69, 9.17) is 4.74 Å². The van der Waals surface area contributed by atoms with Crippen molar-refractivity contribution in [3.8, 4) is 0 Å². The molecule has 1 amide bonds. The van der Waals surface area contributed by atoms with E-state index in [2.05, 4.69) is 39.9 Å². The fourth-order valence-corrected chi connectivity index (χ4v) is 10.4. The molecule has 0 aromatic rings. The number of hydrogen-bond acceptors (Lipinski definition) is 4. The number of ether oxygens (including phenoxy) is 1. The zero-order valence-corrected chi connectivity index (χ0v) is 24.1. The fraction of sp³-hybridized carbons (Fsp3) is 0.935. The lowest BCUT2D eigenvalue weighted by Gasteiger charge is -2.68. The summed E-state index contributed by atoms with van der Waals surface area (Å²) >= 11 is 0. The van der Waals surface area contributed by atoms with Crippen molar-refractivity contribution in [3.05, 3.63) is 0 Å². The number of carbonyl (C=O) groups excluding carboxylic acids is 2. The maximum Gasteiger partial charge on any atom is 0.302 e. The van der Waals surface area contributed by atoms with Crippen molar-refractivity contribution >= 4 is 11.9 Å². The first-order valence-electron chi connectivity index (χ1n) is 15.0. The van der Waals surface area contributed by atoms with Gasteiger partial charge < -0.3 is 15.2 Å². The predicted molar refractivity (Wildman–Crippen MR) is 143 cm³/mol. The van der Waals surface area contributed by atoms with E-state index in [0.29, 0.717) is 29.6 Å². The van der Waals surface area contributed by atoms with Crippen LogP contribution in [0, 0.1) is 46.3 Å². The summed E-state index contributed by atoms with van der Waals surface area (Å²) in [5.74, 6) is 3.34. The molecule has 4 aliphatic carbocycles. The molecular formula is C31H53NO4. The highest BCUT2D eigenvalue weighted by Crippen LogP contribution is 2.69. The second kappa shape index (κ2) is 10.2. The van der Waals surface area contributed by atoms with Crippen LogP contribution in [0.4, 0.5) is 0 Å². The Balaban J connectivity index is 1.66. The van der Waals surface area contributed by atoms with E-state index < -0.39 is 17.7 Å². The number of fused-ring (bicyclic) bond motifs is 5. The van der Waals surface area contributed by atoms with Gasteiger partial charge in [0.25, 0.3) is 0 Å². The molecule has 5 nitrogen and oxygen atoms in total. The zero-order chi connectivity index (χ0) is 26.5. The Labute approximate surface area is 219 Å². The molecule has 0 bridgehead atoms. The molecule has 0 saturated heterocycles. The smallest absolute Gasteiger partial charge is 0.302 e. The first-order valence-corrected chi connectivity index (χ1v) is 15.0. The maximum atomic E-state index is 12.6. The first kappa shape index (κ1) is 27.9. The molecule has 0 radical (unpaired) electrons. The van der Waals surface area contributed by atoms with Crippen LogP contribution in [0.5, 0.6) is 0 Å². The Hall–Kier alpha value is -1.10. The van der Waals surface area contributed by atoms with Crippen LogP contribution in [0.1, 0.15) is 119 Å². The van der Waals surface area contributed by atoms with E-state index in [-0.39, 0.29) is 17.3 Å². The molecule has 0 unspecified atom stereocenters. The minimum absolute atomic E-state index is 0.144. The number of hydrogen-bond donors (Lipinski definition) is 2. The minimum atomic E-state index is -0.903. The third kappa shape index (κ3) is 4.43. The van der Waals surface area contributed by atoms with E-state index >= 15 is 0 Å². The van der Waals surface area contributed by atoms with Crippen molar-refractivity contribution < 1.29 is 19.4 Å². The number of aliphatic hydroxyl groups excluding tert-OH is 1. The molecular weight excluding hydrogens is 450 g/mol. The summed E-state index contributed by atoms with van der Waals surface area (Å²) in [6.45, 7) is 15.0. The lowest BCUT2D eigenvalue weighted by Crippen LogP contribution is -2.78. The van der Waals surface area contributed by atoms with Crippen LogP contribution in [0.25, 0.3) is 0 Å². The number of aliphatic hydroxyl groups is 1. The molecule has 206 valence electrons. The molecule has 5 heteroatoms. The highest BCUT2D eigenvalue weighted by molar-refractivity contribution is 5.74. The van der Waals surface area contributed by atoms with Crippen LogP contribution in [0.15, 0.2) is 0 Å². The van der Waals surface area contributed by atoms with Crippen molar-refractivity contribution in [2.75, 3.05) is 0 Å². The number of nitrogens with one attached hydrogen (secondary N) is 1. The van der Waals surface area contributed by atoms with E-state index in [1.807, 2.05) is 0 Å². The Bertz CT molecular complexity index is 827. The predicted octanol–water partition coefficient (Wildman–Crippen LogP) is 6.27. The number of carbonyl (C=O) groups is 2. The Morgan fingerprint density at radius 1 is 1.00 bits per heavy atom. The molecule has 4 fully saturated rings. The van der Waals surface area contributed by atoms with Crippen molar-refractivity contribution in [1.29, 1.82) is 0 Å². The van der Waals surface area contributed by atoms with Crippen molar-refractivity contribution in [2.24, 2.45) is 46.3 Å². The van der Waals surface area contributed by atoms with E-state index in [0.717, 1.165) is 43.4 Å². The van der Waals surface area contributed by atoms with Crippen LogP contribution in [0.2, 0.25) is 0 Å². The average Bonchev–Trinajstić information content (AvgIpc) is 3.12. The van der Waals surface area contributed by atoms with Crippen LogP contribution in [-0.4, -0.2) is 34.7 Å². The molecule has 0 aromatic heterocycles. The monoisotopic (exact) mass is 503 g/mol. The van der Waals surface area contributed by atoms with E-state index in [1.165, 1.54) is 52.4 Å². The van der Waals surface area contributed by atoms with Gasteiger partial charge in [-0.1, -0.05) is 60.3 Å². The molecule has 0 aliphatic heterocycles. The van der Waals surface area contributed by atoms with Gasteiger partial charge in [-0.2, -0.15) is 0 Å². The zero-order valence-electron chi connectivity index (χ0n) is 24.1. The van der Waals surface area contributed by atoms with Gasteiger partial charge in [-0.25, -0.2) is 0 Å². The normalized spacial score (nSPS) is 44.8. The van der Waals surface area contributed by atoms with Gasteiger partial charge in [0.2, 0.25) is 5.91 Å². The highest BCUT2D eigenvalue weighted by Gasteiger charge is 2.70. The largest absolute Gasteiger partial charge is 0.460 e. The van der Waals surface area contributed by atoms with Crippen LogP contribution in [0.3, 0.4) is 0 Å². The molecule has 2 N–H and O–H groups in total. The Morgan fingerprint density at radius 3 is 2.36 bits per heavy atom. The molecule has 4 saturated carbocycles. The van der Waals surface area contributed by atoms with Crippen molar-refractivity contribution in [1.82, 2.24) is 5.32 Å². The SMILES string of the molecule is CC(=O)N[C@]12[C@@H](O)CCC[C@]1(C)[C@@H]1CC[C@@]3(C)[C@@H](CC[C@H]3[C@H](C)CCCC(C)C)[C@H]1C[C@H]2OC(C)=O. The second-order valence-electron chi connectivity index (χ2n) is 14.1. The Kier molecular flexibility index (Phi) is 7.93. The summed E-state index contributed by atoms with van der Waals surface area (Å²) < 4.78 is 6.07. The summed E-state index contributed by atoms with van der Waals surface area (Å²) in [6, 6.07) is 0. The van der Waals surface area contributed by atoms with Crippen LogP contribution >= 0.6 is 0 Å². The minimum Gasteiger partial charge on any atom is -0.460 e. The van der Waals surface area contributed by atoms with Gasteiger partial charge in [0.05, 0.1) is 6.10 Å². The second-order valence-corrected chi connectivity index (χ2v) is 14.1. The number of amides is 1. The summed E-state index contributed by atoms with van der Waals surface area (Å²) in [6.07, 6.45) is 11.0. The number of rotatable bonds is 7. The fourth-order valence-electron chi connectivity index (χ4n) is 10.4. The molecule has 10 atom stereocenters. The summed E-state index contributed by atoms with van der Waals surface area (Å²) in [5.41, 5.74) is -0.863. The topological polar surface area (TPSA) is 75.6 Å². The quantitative estimate of drug-likeness (QED) is 0.402. The molecule has 0 spiro atoms. The van der Waals surface area contributed by atoms with Crippen LogP contribution < -0.4 is 5.32 Å². The van der Waals surface area contributed by atoms with Crippen molar-refractivity contribution in [2.45, 2.75) is 137 Å². The van der Waals surface area contributed by atoms with Gasteiger partial charge >= 0.3 is 5.97 Å². The van der Waals surface area contributed by atoms with Gasteiger partial charge in [-0.3, -0.25) is 9.59 Å². The summed E-state index contributed by atoms with van der Waals surface area (Å²) in [5, 5.41) is 14.7. The van der Waals surface area contributed by atoms with Crippen LogP contribution in [-0.2, 0) is 14.3 Å². The third-order valence-corrected chi connectivity index (χ3v) is 11.8.